The second kappa shape index (κ2) is 8.52. The summed E-state index contributed by atoms with van der Waals surface area (Å²) >= 11 is 0. The Balaban J connectivity index is 1.79. The fraction of sp³-hybridized carbons (Fsp3) is 0. The van der Waals surface area contributed by atoms with Gasteiger partial charge >= 0.3 is 0 Å². The van der Waals surface area contributed by atoms with Gasteiger partial charge in [-0.3, -0.25) is 0 Å². The third-order valence-electron chi connectivity index (χ3n) is 5.55. The van der Waals surface area contributed by atoms with Crippen LogP contribution in [-0.4, -0.2) is 0 Å². The van der Waals surface area contributed by atoms with Gasteiger partial charge in [0, 0.05) is 0 Å². The fourth-order valence-electron chi connectivity index (χ4n) is 4.01. The van der Waals surface area contributed by atoms with Crippen molar-refractivity contribution in [2.24, 2.45) is 0 Å². The number of hydrogen-bond acceptors (Lipinski definition) is 0. The zero-order valence-corrected chi connectivity index (χ0v) is 18.1. The summed E-state index contributed by atoms with van der Waals surface area (Å²) < 4.78 is 201. The molecule has 0 fully saturated rings. The van der Waals surface area contributed by atoms with Gasteiger partial charge < -0.3 is 0 Å². The van der Waals surface area contributed by atoms with Crippen molar-refractivity contribution in [3.8, 4) is 33.4 Å². The van der Waals surface area contributed by atoms with E-state index in [2.05, 4.69) is 0 Å². The molecule has 0 saturated carbocycles. The molecule has 0 aromatic heterocycles. The third kappa shape index (κ3) is 3.39. The minimum absolute atomic E-state index is 0.336. The van der Waals surface area contributed by atoms with Crippen LogP contribution in [0.25, 0.3) is 65.7 Å². The molecular weight excluding hydrogens is 432 g/mol. The van der Waals surface area contributed by atoms with Crippen LogP contribution in [0, 0.1) is 0 Å². The van der Waals surface area contributed by atoms with Crippen LogP contribution in [0.15, 0.2) is 145 Å². The van der Waals surface area contributed by atoms with Crippen molar-refractivity contribution in [3.63, 3.8) is 0 Å². The molecular formula is C36H24. The van der Waals surface area contributed by atoms with Gasteiger partial charge in [-0.15, -0.1) is 0 Å². The summed E-state index contributed by atoms with van der Waals surface area (Å²) in [5.41, 5.74) is -4.17. The standard InChI is InChI=1S/C36H24/c1-2-11-27(12-3-1)35-31-14-6-8-16-33(31)36(34-17-9-7-15-32(34)35)28-21-18-26(19-22-28)30-23-20-25-10-4-5-13-29(25)24-30/h1-24H/i1D,2D,3D,5D,6D,7D,8D,9D,10D,11D,12D,13D,14D,15D,16D,17D,18D,19D,20D,21D,22D,23D,24D. The fourth-order valence-corrected chi connectivity index (χ4v) is 4.01. The monoisotopic (exact) mass is 479 g/mol. The molecule has 0 spiro atoms. The lowest BCUT2D eigenvalue weighted by molar-refractivity contribution is 1.62. The van der Waals surface area contributed by atoms with Gasteiger partial charge in [-0.2, -0.15) is 0 Å². The van der Waals surface area contributed by atoms with Gasteiger partial charge in [0.2, 0.25) is 0 Å². The van der Waals surface area contributed by atoms with Crippen molar-refractivity contribution in [1.82, 2.24) is 0 Å². The Morgan fingerprint density at radius 2 is 0.833 bits per heavy atom. The normalized spacial score (nSPS) is 20.3. The van der Waals surface area contributed by atoms with Gasteiger partial charge in [-0.05, 0) is 71.7 Å². The first kappa shape index (κ1) is 7.91. The van der Waals surface area contributed by atoms with Crippen LogP contribution in [-0.2, 0) is 0 Å². The summed E-state index contributed by atoms with van der Waals surface area (Å²) in [5.74, 6) is 0. The zero-order valence-electron chi connectivity index (χ0n) is 41.1. The molecule has 7 rings (SSSR count). The number of rotatable bonds is 3. The van der Waals surface area contributed by atoms with Crippen molar-refractivity contribution in [2.75, 3.05) is 0 Å². The molecule has 0 aliphatic carbocycles. The molecule has 168 valence electrons. The third-order valence-corrected chi connectivity index (χ3v) is 5.55. The van der Waals surface area contributed by atoms with Crippen molar-refractivity contribution in [2.45, 2.75) is 0 Å². The van der Waals surface area contributed by atoms with E-state index in [1.165, 1.54) is 0 Å². The molecule has 0 heteroatoms. The molecule has 0 heterocycles. The highest BCUT2D eigenvalue weighted by molar-refractivity contribution is 6.21. The average Bonchev–Trinajstić information content (AvgIpc) is 3.19. The second-order valence-corrected chi connectivity index (χ2v) is 7.56. The quantitative estimate of drug-likeness (QED) is 0.221. The van der Waals surface area contributed by atoms with Gasteiger partial charge in [0.05, 0.1) is 31.5 Å². The maximum atomic E-state index is 9.31. The minimum atomic E-state index is -1.01. The lowest BCUT2D eigenvalue weighted by atomic mass is 9.86. The topological polar surface area (TPSA) is 0 Å². The number of fused-ring (bicyclic) bond motifs is 3. The minimum Gasteiger partial charge on any atom is -0.0622 e. The number of benzene rings is 7. The van der Waals surface area contributed by atoms with Crippen LogP contribution in [0.2, 0.25) is 0 Å². The molecule has 0 bridgehead atoms. The second-order valence-electron chi connectivity index (χ2n) is 7.56. The lowest BCUT2D eigenvalue weighted by Gasteiger charge is -2.18. The largest absolute Gasteiger partial charge is 0.0636 e. The first-order chi connectivity index (χ1) is 27.4. The molecule has 0 aliphatic heterocycles. The van der Waals surface area contributed by atoms with E-state index < -0.39 is 199 Å². The van der Waals surface area contributed by atoms with Crippen LogP contribution in [0.1, 0.15) is 31.5 Å². The van der Waals surface area contributed by atoms with E-state index in [9.17, 15) is 5.48 Å². The van der Waals surface area contributed by atoms with Gasteiger partial charge in [-0.1, -0.05) is 139 Å². The molecule has 0 aliphatic rings. The smallest absolute Gasteiger partial charge is 0.0622 e. The van der Waals surface area contributed by atoms with Crippen molar-refractivity contribution >= 4 is 32.3 Å². The van der Waals surface area contributed by atoms with E-state index >= 15 is 0 Å². The molecule has 0 amide bonds. The Bertz CT molecular complexity index is 2990. The Hall–Kier alpha value is -4.68. The molecule has 0 radical (unpaired) electrons. The molecule has 0 unspecified atom stereocenters. The average molecular weight is 480 g/mol. The molecule has 0 N–H and O–H groups in total. The highest BCUT2D eigenvalue weighted by Crippen LogP contribution is 2.43. The Morgan fingerprint density at radius 1 is 0.333 bits per heavy atom. The first-order valence-electron chi connectivity index (χ1n) is 22.1. The van der Waals surface area contributed by atoms with E-state index in [-0.39, 0.29) is 5.39 Å². The molecule has 0 saturated heterocycles. The van der Waals surface area contributed by atoms with Crippen LogP contribution >= 0.6 is 0 Å². The van der Waals surface area contributed by atoms with Gasteiger partial charge in [0.1, 0.15) is 0 Å². The zero-order chi connectivity index (χ0) is 43.9. The molecule has 36 heavy (non-hydrogen) atoms. The predicted molar refractivity (Wildman–Crippen MR) is 155 cm³/mol. The van der Waals surface area contributed by atoms with E-state index in [1.54, 1.807) is 0 Å². The Labute approximate surface area is 243 Å². The number of hydrogen-bond donors (Lipinski definition) is 0. The van der Waals surface area contributed by atoms with Crippen LogP contribution in [0.5, 0.6) is 0 Å². The van der Waals surface area contributed by atoms with Gasteiger partial charge in [-0.25, -0.2) is 0 Å². The maximum absolute atomic E-state index is 9.31. The van der Waals surface area contributed by atoms with E-state index in [1.807, 2.05) is 0 Å². The lowest BCUT2D eigenvalue weighted by Crippen LogP contribution is -1.90. The summed E-state index contributed by atoms with van der Waals surface area (Å²) in [4.78, 5) is 0. The summed E-state index contributed by atoms with van der Waals surface area (Å²) in [6.07, 6.45) is 0. The summed E-state index contributed by atoms with van der Waals surface area (Å²) in [6.45, 7) is 0. The highest BCUT2D eigenvalue weighted by Gasteiger charge is 2.16. The predicted octanol–water partition coefficient (Wildman–Crippen LogP) is 10.1. The van der Waals surface area contributed by atoms with Gasteiger partial charge in [0.25, 0.3) is 0 Å². The van der Waals surface area contributed by atoms with Crippen LogP contribution in [0.4, 0.5) is 0 Å². The molecule has 0 nitrogen and oxygen atoms in total. The van der Waals surface area contributed by atoms with Crippen molar-refractivity contribution in [3.05, 3.63) is 145 Å². The van der Waals surface area contributed by atoms with Crippen LogP contribution < -0.4 is 0 Å². The SMILES string of the molecule is [2H]c1cc([2H])c2c([2H])c([2H])c(-c3c([2H])c([2H])c(-c4c5c([2H])c([2H])c([2H])c([2H])c5c(-c5c([2H])c([2H])c([2H])c([2H])c5[2H])c5c([2H])c([2H])c([2H])c([2H])c45)c([2H])c3[2H])c([2H])c2c1[2H]. The highest BCUT2D eigenvalue weighted by atomic mass is 14.2. The summed E-state index contributed by atoms with van der Waals surface area (Å²) in [5, 5.41) is -3.37. The summed E-state index contributed by atoms with van der Waals surface area (Å²) in [6, 6.07) is -18.6. The Kier molecular flexibility index (Phi) is 1.87. The Morgan fingerprint density at radius 3 is 1.44 bits per heavy atom. The first-order valence-corrected chi connectivity index (χ1v) is 10.6. The molecule has 7 aromatic rings. The van der Waals surface area contributed by atoms with E-state index in [0.29, 0.717) is 0 Å². The van der Waals surface area contributed by atoms with Crippen LogP contribution in [0.3, 0.4) is 0 Å². The van der Waals surface area contributed by atoms with Gasteiger partial charge in [0.15, 0.2) is 0 Å². The molecule has 7 aromatic carbocycles. The van der Waals surface area contributed by atoms with Crippen molar-refractivity contribution in [1.29, 1.82) is 0 Å². The maximum Gasteiger partial charge on any atom is 0.0636 e. The summed E-state index contributed by atoms with van der Waals surface area (Å²) in [7, 11) is 0. The molecule has 0 atom stereocenters. The van der Waals surface area contributed by atoms with Crippen molar-refractivity contribution < 1.29 is 31.5 Å². The van der Waals surface area contributed by atoms with E-state index in [4.69, 9.17) is 26.0 Å². The van der Waals surface area contributed by atoms with E-state index in [0.717, 1.165) is 6.07 Å².